The molecule has 148 valence electrons. The summed E-state index contributed by atoms with van der Waals surface area (Å²) < 4.78 is 16.2. The van der Waals surface area contributed by atoms with E-state index < -0.39 is 6.10 Å². The van der Waals surface area contributed by atoms with Gasteiger partial charge in [-0.3, -0.25) is 4.90 Å². The van der Waals surface area contributed by atoms with E-state index in [0.29, 0.717) is 13.1 Å². The van der Waals surface area contributed by atoms with E-state index in [-0.39, 0.29) is 20.0 Å². The summed E-state index contributed by atoms with van der Waals surface area (Å²) in [5, 5.41) is 10.4. The van der Waals surface area contributed by atoms with Crippen LogP contribution in [0.3, 0.4) is 0 Å². The van der Waals surface area contributed by atoms with Crippen molar-refractivity contribution >= 4 is 0 Å². The van der Waals surface area contributed by atoms with Crippen molar-refractivity contribution in [1.29, 1.82) is 0 Å². The topological polar surface area (TPSA) is 51.2 Å². The molecular weight excluding hydrogens is 354 g/mol. The summed E-state index contributed by atoms with van der Waals surface area (Å²) in [5.74, 6) is 3.96. The van der Waals surface area contributed by atoms with Gasteiger partial charge in [0, 0.05) is 19.6 Å². The highest BCUT2D eigenvalue weighted by Crippen LogP contribution is 2.33. The average molecular weight is 381 g/mol. The van der Waals surface area contributed by atoms with E-state index in [1.165, 1.54) is 16.7 Å². The van der Waals surface area contributed by atoms with E-state index >= 15 is 0 Å². The molecule has 1 atom stereocenters. The second kappa shape index (κ2) is 9.61. The number of nitrogens with zero attached hydrogens (tertiary/aromatic N) is 1. The van der Waals surface area contributed by atoms with Gasteiger partial charge in [-0.05, 0) is 42.7 Å². The lowest BCUT2D eigenvalue weighted by Crippen LogP contribution is -2.34. The van der Waals surface area contributed by atoms with E-state index in [2.05, 4.69) is 42.9 Å². The van der Waals surface area contributed by atoms with Crippen molar-refractivity contribution in [1.82, 2.24) is 4.90 Å². The number of ether oxygens (including phenoxy) is 3. The molecule has 0 saturated carbocycles. The van der Waals surface area contributed by atoms with Gasteiger partial charge in [-0.25, -0.2) is 0 Å². The van der Waals surface area contributed by atoms with Crippen molar-refractivity contribution in [3.05, 3.63) is 58.7 Å². The third-order valence-corrected chi connectivity index (χ3v) is 4.71. The van der Waals surface area contributed by atoms with Gasteiger partial charge in [-0.1, -0.05) is 35.7 Å². The van der Waals surface area contributed by atoms with Crippen molar-refractivity contribution < 1.29 is 19.3 Å². The zero-order chi connectivity index (χ0) is 19.9. The third kappa shape index (κ3) is 5.49. The van der Waals surface area contributed by atoms with Crippen LogP contribution in [-0.2, 0) is 17.8 Å². The first kappa shape index (κ1) is 20.2. The smallest absolute Gasteiger partial charge is 0.231 e. The molecular formula is C23H27NO4. The number of aliphatic hydroxyl groups excluding tert-OH is 1. The molecule has 28 heavy (non-hydrogen) atoms. The molecule has 0 amide bonds. The summed E-state index contributed by atoms with van der Waals surface area (Å²) in [6.07, 6.45) is 4.59. The Balaban J connectivity index is 1.73. The summed E-state index contributed by atoms with van der Waals surface area (Å²) in [7, 11) is 0. The zero-order valence-corrected chi connectivity index (χ0v) is 16.5. The molecule has 1 heterocycles. The third-order valence-electron chi connectivity index (χ3n) is 4.71. The molecule has 1 aliphatic rings. The predicted octanol–water partition coefficient (Wildman–Crippen LogP) is 3.05. The Hall–Kier alpha value is -2.52. The van der Waals surface area contributed by atoms with Gasteiger partial charge in [0.1, 0.15) is 6.61 Å². The van der Waals surface area contributed by atoms with E-state index in [9.17, 15) is 5.11 Å². The van der Waals surface area contributed by atoms with Crippen LogP contribution in [0.4, 0.5) is 0 Å². The largest absolute Gasteiger partial charge is 0.454 e. The van der Waals surface area contributed by atoms with Crippen molar-refractivity contribution in [3.63, 3.8) is 0 Å². The lowest BCUT2D eigenvalue weighted by molar-refractivity contribution is 0.0243. The molecule has 0 radical (unpaired) electrons. The van der Waals surface area contributed by atoms with Gasteiger partial charge in [-0.2, -0.15) is 0 Å². The van der Waals surface area contributed by atoms with Crippen LogP contribution in [0.15, 0.2) is 36.4 Å². The highest BCUT2D eigenvalue weighted by molar-refractivity contribution is 5.44. The van der Waals surface area contributed by atoms with Gasteiger partial charge in [0.05, 0.1) is 12.7 Å². The molecule has 2 aromatic carbocycles. The van der Waals surface area contributed by atoms with Gasteiger partial charge in [0.15, 0.2) is 11.5 Å². The molecule has 0 unspecified atom stereocenters. The van der Waals surface area contributed by atoms with Crippen LogP contribution in [0.1, 0.15) is 22.3 Å². The van der Waals surface area contributed by atoms with Gasteiger partial charge in [0.2, 0.25) is 6.79 Å². The first-order chi connectivity index (χ1) is 13.5. The maximum atomic E-state index is 10.4. The Bertz CT molecular complexity index is 843. The maximum absolute atomic E-state index is 10.4. The summed E-state index contributed by atoms with van der Waals surface area (Å²) in [6.45, 7) is 6.77. The summed E-state index contributed by atoms with van der Waals surface area (Å²) in [4.78, 5) is 2.21. The molecule has 0 saturated heterocycles. The van der Waals surface area contributed by atoms with Gasteiger partial charge < -0.3 is 19.3 Å². The van der Waals surface area contributed by atoms with Crippen LogP contribution < -0.4 is 9.47 Å². The number of fused-ring (bicyclic) bond motifs is 1. The minimum atomic E-state index is -0.618. The molecule has 1 N–H and O–H groups in total. The fourth-order valence-electron chi connectivity index (χ4n) is 3.30. The minimum absolute atomic E-state index is 0.205. The number of aryl methyl sites for hydroxylation is 2. The van der Waals surface area contributed by atoms with E-state index in [4.69, 9.17) is 20.6 Å². The second-order valence-electron chi connectivity index (χ2n) is 7.16. The van der Waals surface area contributed by atoms with Crippen LogP contribution in [-0.4, -0.2) is 42.7 Å². The van der Waals surface area contributed by atoms with E-state index in [1.54, 1.807) is 0 Å². The standard InChI is InChI=1S/C23H27NO4/c1-4-9-26-15-21(25)14-24(13-20-10-17(2)5-6-18(20)3)12-19-7-8-22-23(11-19)28-16-27-22/h1,5-8,10-11,21,25H,9,12-16H2,2-3H3/t21-/m1/s1. The first-order valence-corrected chi connectivity index (χ1v) is 9.41. The van der Waals surface area contributed by atoms with Crippen molar-refractivity contribution in [3.8, 4) is 23.8 Å². The highest BCUT2D eigenvalue weighted by atomic mass is 16.7. The number of rotatable bonds is 9. The Kier molecular flexibility index (Phi) is 6.94. The minimum Gasteiger partial charge on any atom is -0.454 e. The van der Waals surface area contributed by atoms with Crippen LogP contribution in [0.2, 0.25) is 0 Å². The molecule has 1 aliphatic heterocycles. The number of aliphatic hydroxyl groups is 1. The Morgan fingerprint density at radius 1 is 1.14 bits per heavy atom. The average Bonchev–Trinajstić information content (AvgIpc) is 3.12. The van der Waals surface area contributed by atoms with Gasteiger partial charge in [0.25, 0.3) is 0 Å². The molecule has 0 aliphatic carbocycles. The Morgan fingerprint density at radius 3 is 2.79 bits per heavy atom. The maximum Gasteiger partial charge on any atom is 0.231 e. The van der Waals surface area contributed by atoms with E-state index in [0.717, 1.165) is 23.6 Å². The van der Waals surface area contributed by atoms with Gasteiger partial charge in [-0.15, -0.1) is 6.42 Å². The van der Waals surface area contributed by atoms with Crippen LogP contribution in [0.25, 0.3) is 0 Å². The molecule has 0 fully saturated rings. The molecule has 0 spiro atoms. The molecule has 3 rings (SSSR count). The fraction of sp³-hybridized carbons (Fsp3) is 0.391. The predicted molar refractivity (Wildman–Crippen MR) is 108 cm³/mol. The highest BCUT2D eigenvalue weighted by Gasteiger charge is 2.17. The summed E-state index contributed by atoms with van der Waals surface area (Å²) >= 11 is 0. The van der Waals surface area contributed by atoms with Crippen molar-refractivity contribution in [2.24, 2.45) is 0 Å². The van der Waals surface area contributed by atoms with Crippen molar-refractivity contribution in [2.75, 3.05) is 26.6 Å². The van der Waals surface area contributed by atoms with Crippen LogP contribution in [0, 0.1) is 26.2 Å². The second-order valence-corrected chi connectivity index (χ2v) is 7.16. The fourth-order valence-corrected chi connectivity index (χ4v) is 3.30. The quantitative estimate of drug-likeness (QED) is 0.534. The Labute approximate surface area is 166 Å². The zero-order valence-electron chi connectivity index (χ0n) is 16.5. The van der Waals surface area contributed by atoms with Crippen LogP contribution >= 0.6 is 0 Å². The molecule has 0 aromatic heterocycles. The number of hydrogen-bond acceptors (Lipinski definition) is 5. The number of benzene rings is 2. The normalized spacial score (nSPS) is 13.5. The monoisotopic (exact) mass is 381 g/mol. The SMILES string of the molecule is C#CCOC[C@H](O)CN(Cc1ccc2c(c1)OCO2)Cc1cc(C)ccc1C. The lowest BCUT2D eigenvalue weighted by Gasteiger charge is -2.26. The molecule has 5 nitrogen and oxygen atoms in total. The van der Waals surface area contributed by atoms with Gasteiger partial charge >= 0.3 is 0 Å². The molecule has 5 heteroatoms. The van der Waals surface area contributed by atoms with Crippen LogP contribution in [0.5, 0.6) is 11.5 Å². The molecule has 2 aromatic rings. The number of hydrogen-bond donors (Lipinski definition) is 1. The first-order valence-electron chi connectivity index (χ1n) is 9.41. The number of terminal acetylenes is 1. The lowest BCUT2D eigenvalue weighted by atomic mass is 10.0. The van der Waals surface area contributed by atoms with Crippen molar-refractivity contribution in [2.45, 2.75) is 33.0 Å². The summed E-state index contributed by atoms with van der Waals surface area (Å²) in [5.41, 5.74) is 4.81. The summed E-state index contributed by atoms with van der Waals surface area (Å²) in [6, 6.07) is 12.4. The molecule has 0 bridgehead atoms. The van der Waals surface area contributed by atoms with E-state index in [1.807, 2.05) is 18.2 Å². The Morgan fingerprint density at radius 2 is 1.96 bits per heavy atom.